The number of nitrogens with zero attached hydrogens (tertiary/aromatic N) is 2. The normalized spacial score (nSPS) is 10.6. The Morgan fingerprint density at radius 3 is 2.35 bits per heavy atom. The first-order chi connectivity index (χ1) is 9.66. The van der Waals surface area contributed by atoms with E-state index in [0.717, 1.165) is 11.2 Å². The highest BCUT2D eigenvalue weighted by Gasteiger charge is 2.07. The quantitative estimate of drug-likeness (QED) is 0.529. The van der Waals surface area contributed by atoms with Crippen LogP contribution in [-0.4, -0.2) is 9.49 Å². The van der Waals surface area contributed by atoms with Gasteiger partial charge in [0.15, 0.2) is 5.43 Å². The molecule has 20 heavy (non-hydrogen) atoms. The van der Waals surface area contributed by atoms with Crippen molar-refractivity contribution in [2.24, 2.45) is 0 Å². The first kappa shape index (κ1) is 12.1. The molecule has 5 nitrogen and oxygen atoms in total. The molecule has 0 amide bonds. The Bertz CT molecular complexity index is 851. The molecule has 0 N–H and O–H groups in total. The van der Waals surface area contributed by atoms with E-state index in [1.54, 1.807) is 24.4 Å². The number of nitro benzene ring substituents is 1. The lowest BCUT2D eigenvalue weighted by atomic mass is 10.2. The van der Waals surface area contributed by atoms with Crippen molar-refractivity contribution < 1.29 is 4.92 Å². The Morgan fingerprint density at radius 2 is 1.65 bits per heavy atom. The number of pyridine rings is 1. The summed E-state index contributed by atoms with van der Waals surface area (Å²) in [5.41, 5.74) is 1.54. The Labute approximate surface area is 113 Å². The van der Waals surface area contributed by atoms with Gasteiger partial charge >= 0.3 is 0 Å². The average Bonchev–Trinajstić information content (AvgIpc) is 2.48. The summed E-state index contributed by atoms with van der Waals surface area (Å²) in [7, 11) is 0. The molecule has 5 heteroatoms. The van der Waals surface area contributed by atoms with E-state index < -0.39 is 4.92 Å². The van der Waals surface area contributed by atoms with Crippen LogP contribution in [0.4, 0.5) is 5.69 Å². The molecule has 1 aromatic heterocycles. The third-order valence-electron chi connectivity index (χ3n) is 3.14. The van der Waals surface area contributed by atoms with E-state index in [9.17, 15) is 14.9 Å². The average molecular weight is 266 g/mol. The monoisotopic (exact) mass is 266 g/mol. The fraction of sp³-hybridized carbons (Fsp3) is 0. The summed E-state index contributed by atoms with van der Waals surface area (Å²) in [5.74, 6) is 0. The molecule has 0 aliphatic carbocycles. The van der Waals surface area contributed by atoms with Crippen LogP contribution in [0.25, 0.3) is 16.6 Å². The molecule has 0 unspecified atom stereocenters. The first-order valence-electron chi connectivity index (χ1n) is 6.02. The number of para-hydroxylation sites is 1. The molecule has 0 aliphatic heterocycles. The molecule has 3 aromatic rings. The lowest BCUT2D eigenvalue weighted by Gasteiger charge is -2.10. The Balaban J connectivity index is 2.22. The van der Waals surface area contributed by atoms with Gasteiger partial charge in [-0.1, -0.05) is 12.1 Å². The van der Waals surface area contributed by atoms with Crippen LogP contribution in [0.1, 0.15) is 0 Å². The standard InChI is InChI=1S/C15H10N2O3/c18-15-9-10-16(14-4-2-1-3-13(14)15)11-5-7-12(8-6-11)17(19)20/h1-10H. The topological polar surface area (TPSA) is 65.1 Å². The van der Waals surface area contributed by atoms with E-state index in [-0.39, 0.29) is 11.1 Å². The largest absolute Gasteiger partial charge is 0.316 e. The lowest BCUT2D eigenvalue weighted by Crippen LogP contribution is -2.06. The highest BCUT2D eigenvalue weighted by Crippen LogP contribution is 2.19. The van der Waals surface area contributed by atoms with E-state index in [1.807, 2.05) is 22.8 Å². The molecular weight excluding hydrogens is 256 g/mol. The van der Waals surface area contributed by atoms with Crippen LogP contribution in [0, 0.1) is 10.1 Å². The van der Waals surface area contributed by atoms with Gasteiger partial charge in [0.2, 0.25) is 0 Å². The molecule has 1 heterocycles. The van der Waals surface area contributed by atoms with E-state index in [1.165, 1.54) is 18.2 Å². The minimum atomic E-state index is -0.437. The van der Waals surface area contributed by atoms with Crippen molar-refractivity contribution in [3.63, 3.8) is 0 Å². The third kappa shape index (κ3) is 1.95. The van der Waals surface area contributed by atoms with Crippen molar-refractivity contribution in [1.29, 1.82) is 0 Å². The van der Waals surface area contributed by atoms with Crippen LogP contribution in [0.2, 0.25) is 0 Å². The van der Waals surface area contributed by atoms with Crippen LogP contribution in [0.15, 0.2) is 65.6 Å². The fourth-order valence-electron chi connectivity index (χ4n) is 2.16. The summed E-state index contributed by atoms with van der Waals surface area (Å²) in [6.07, 6.45) is 1.67. The van der Waals surface area contributed by atoms with Gasteiger partial charge in [-0.05, 0) is 24.3 Å². The van der Waals surface area contributed by atoms with Gasteiger partial charge in [0, 0.05) is 35.5 Å². The zero-order valence-corrected chi connectivity index (χ0v) is 10.4. The number of fused-ring (bicyclic) bond motifs is 1. The SMILES string of the molecule is O=c1ccn(-c2ccc([N+](=O)[O-])cc2)c2ccccc12. The molecule has 0 saturated carbocycles. The summed E-state index contributed by atoms with van der Waals surface area (Å²) in [4.78, 5) is 22.0. The number of non-ortho nitro benzene ring substituents is 1. The highest BCUT2D eigenvalue weighted by molar-refractivity contribution is 5.80. The zero-order chi connectivity index (χ0) is 14.1. The van der Waals surface area contributed by atoms with E-state index in [2.05, 4.69) is 0 Å². The molecule has 0 radical (unpaired) electrons. The van der Waals surface area contributed by atoms with Gasteiger partial charge in [0.1, 0.15) is 0 Å². The molecular formula is C15H10N2O3. The second-order valence-electron chi connectivity index (χ2n) is 4.34. The smallest absolute Gasteiger partial charge is 0.269 e. The molecule has 98 valence electrons. The van der Waals surface area contributed by atoms with Crippen molar-refractivity contribution in [3.05, 3.63) is 81.1 Å². The van der Waals surface area contributed by atoms with E-state index in [4.69, 9.17) is 0 Å². The summed E-state index contributed by atoms with van der Waals surface area (Å²) >= 11 is 0. The van der Waals surface area contributed by atoms with Gasteiger partial charge in [0.05, 0.1) is 10.4 Å². The minimum Gasteiger partial charge on any atom is -0.316 e. The molecule has 0 aliphatic rings. The summed E-state index contributed by atoms with van der Waals surface area (Å²) in [5, 5.41) is 11.3. The predicted molar refractivity (Wildman–Crippen MR) is 76.2 cm³/mol. The van der Waals surface area contributed by atoms with E-state index in [0.29, 0.717) is 5.39 Å². The Morgan fingerprint density at radius 1 is 0.950 bits per heavy atom. The molecule has 3 rings (SSSR count). The van der Waals surface area contributed by atoms with Crippen LogP contribution in [0.3, 0.4) is 0 Å². The molecule has 0 atom stereocenters. The molecule has 2 aromatic carbocycles. The molecule has 0 fully saturated rings. The van der Waals surface area contributed by atoms with Crippen molar-refractivity contribution in [1.82, 2.24) is 4.57 Å². The van der Waals surface area contributed by atoms with Crippen molar-refractivity contribution in [2.75, 3.05) is 0 Å². The predicted octanol–water partition coefficient (Wildman–Crippen LogP) is 2.90. The summed E-state index contributed by atoms with van der Waals surface area (Å²) in [6, 6.07) is 15.0. The van der Waals surface area contributed by atoms with Crippen LogP contribution in [-0.2, 0) is 0 Å². The van der Waals surface area contributed by atoms with Crippen molar-refractivity contribution >= 4 is 16.6 Å². The number of benzene rings is 2. The Kier molecular flexibility index (Phi) is 2.80. The van der Waals surface area contributed by atoms with Crippen LogP contribution in [0.5, 0.6) is 0 Å². The maximum absolute atomic E-state index is 11.8. The summed E-state index contributed by atoms with van der Waals surface area (Å²) < 4.78 is 1.83. The highest BCUT2D eigenvalue weighted by atomic mass is 16.6. The first-order valence-corrected chi connectivity index (χ1v) is 6.02. The maximum atomic E-state index is 11.8. The lowest BCUT2D eigenvalue weighted by molar-refractivity contribution is -0.384. The zero-order valence-electron chi connectivity index (χ0n) is 10.4. The van der Waals surface area contributed by atoms with Gasteiger partial charge in [0.25, 0.3) is 5.69 Å². The molecule has 0 saturated heterocycles. The van der Waals surface area contributed by atoms with Crippen LogP contribution < -0.4 is 5.43 Å². The van der Waals surface area contributed by atoms with E-state index >= 15 is 0 Å². The van der Waals surface area contributed by atoms with Gasteiger partial charge < -0.3 is 4.57 Å². The number of hydrogen-bond acceptors (Lipinski definition) is 3. The maximum Gasteiger partial charge on any atom is 0.269 e. The number of aromatic nitrogens is 1. The number of hydrogen-bond donors (Lipinski definition) is 0. The van der Waals surface area contributed by atoms with Gasteiger partial charge in [-0.2, -0.15) is 0 Å². The number of rotatable bonds is 2. The fourth-order valence-corrected chi connectivity index (χ4v) is 2.16. The number of nitro groups is 1. The molecule has 0 bridgehead atoms. The second-order valence-corrected chi connectivity index (χ2v) is 4.34. The molecule has 0 spiro atoms. The van der Waals surface area contributed by atoms with Gasteiger partial charge in [-0.15, -0.1) is 0 Å². The van der Waals surface area contributed by atoms with Crippen molar-refractivity contribution in [2.45, 2.75) is 0 Å². The van der Waals surface area contributed by atoms with Gasteiger partial charge in [-0.3, -0.25) is 14.9 Å². The van der Waals surface area contributed by atoms with Gasteiger partial charge in [-0.25, -0.2) is 0 Å². The summed E-state index contributed by atoms with van der Waals surface area (Å²) in [6.45, 7) is 0. The minimum absolute atomic E-state index is 0.0408. The van der Waals surface area contributed by atoms with Crippen LogP contribution >= 0.6 is 0 Å². The Hall–Kier alpha value is -2.95. The van der Waals surface area contributed by atoms with Crippen molar-refractivity contribution in [3.8, 4) is 5.69 Å². The third-order valence-corrected chi connectivity index (χ3v) is 3.14. The second kappa shape index (κ2) is 4.62.